The number of aromatic nitrogens is 1. The van der Waals surface area contributed by atoms with E-state index in [1.54, 1.807) is 0 Å². The van der Waals surface area contributed by atoms with Crippen LogP contribution in [0, 0.1) is 0 Å². The van der Waals surface area contributed by atoms with Gasteiger partial charge in [-0.1, -0.05) is 18.2 Å². The summed E-state index contributed by atoms with van der Waals surface area (Å²) in [5.74, 6) is 0. The Morgan fingerprint density at radius 2 is 2.06 bits per heavy atom. The first-order valence-electron chi connectivity index (χ1n) is 6.13. The summed E-state index contributed by atoms with van der Waals surface area (Å²) in [5.41, 5.74) is 8.28. The fourth-order valence-corrected chi connectivity index (χ4v) is 2.32. The second kappa shape index (κ2) is 4.90. The minimum Gasteiger partial charge on any atom is -0.350 e. The number of fused-ring (bicyclic) bond motifs is 1. The van der Waals surface area contributed by atoms with Gasteiger partial charge in [-0.05, 0) is 30.9 Å². The zero-order chi connectivity index (χ0) is 12.4. The van der Waals surface area contributed by atoms with E-state index in [4.69, 9.17) is 5.73 Å². The van der Waals surface area contributed by atoms with Crippen LogP contribution in [-0.4, -0.2) is 17.2 Å². The van der Waals surface area contributed by atoms with Crippen LogP contribution in [0.25, 0.3) is 10.9 Å². The minimum atomic E-state index is 0.311. The summed E-state index contributed by atoms with van der Waals surface area (Å²) in [7, 11) is 2.09. The lowest BCUT2D eigenvalue weighted by atomic mass is 10.0. The third-order valence-corrected chi connectivity index (χ3v) is 3.28. The van der Waals surface area contributed by atoms with Crippen LogP contribution >= 0.6 is 0 Å². The largest absolute Gasteiger partial charge is 0.350 e. The van der Waals surface area contributed by atoms with Crippen LogP contribution in [0.2, 0.25) is 0 Å². The molecule has 17 heavy (non-hydrogen) atoms. The van der Waals surface area contributed by atoms with Crippen LogP contribution in [0.15, 0.2) is 30.5 Å². The van der Waals surface area contributed by atoms with Crippen molar-refractivity contribution in [2.24, 2.45) is 12.8 Å². The van der Waals surface area contributed by atoms with Gasteiger partial charge in [0.15, 0.2) is 0 Å². The smallest absolute Gasteiger partial charge is 0.0526 e. The zero-order valence-electron chi connectivity index (χ0n) is 10.8. The predicted molar refractivity (Wildman–Crippen MR) is 73.0 cm³/mol. The van der Waals surface area contributed by atoms with Gasteiger partial charge in [0.25, 0.3) is 0 Å². The average molecular weight is 231 g/mol. The molecule has 92 valence electrons. The first-order valence-corrected chi connectivity index (χ1v) is 6.13. The number of nitrogens with two attached hydrogens (primary N) is 1. The fraction of sp³-hybridized carbons (Fsp3) is 0.429. The molecule has 0 aliphatic rings. The van der Waals surface area contributed by atoms with Crippen molar-refractivity contribution in [3.63, 3.8) is 0 Å². The average Bonchev–Trinajstić information content (AvgIpc) is 2.71. The zero-order valence-corrected chi connectivity index (χ0v) is 10.8. The van der Waals surface area contributed by atoms with Crippen molar-refractivity contribution in [1.29, 1.82) is 0 Å². The van der Waals surface area contributed by atoms with Gasteiger partial charge in [0.2, 0.25) is 0 Å². The maximum atomic E-state index is 5.65. The molecule has 0 saturated heterocycles. The lowest BCUT2D eigenvalue weighted by Gasteiger charge is -2.20. The molecule has 3 N–H and O–H groups in total. The van der Waals surface area contributed by atoms with Crippen molar-refractivity contribution in [2.45, 2.75) is 25.9 Å². The number of hydrogen-bond donors (Lipinski definition) is 2. The molecule has 0 bridgehead atoms. The fourth-order valence-electron chi connectivity index (χ4n) is 2.32. The van der Waals surface area contributed by atoms with Crippen LogP contribution in [0.1, 0.15) is 25.5 Å². The number of para-hydroxylation sites is 1. The Labute approximate surface area is 103 Å². The molecule has 3 heteroatoms. The van der Waals surface area contributed by atoms with Crippen LogP contribution in [0.4, 0.5) is 0 Å². The number of aryl methyl sites for hydroxylation is 1. The molecule has 1 heterocycles. The number of nitrogens with one attached hydrogen (secondary N) is 1. The van der Waals surface area contributed by atoms with Gasteiger partial charge >= 0.3 is 0 Å². The molecule has 0 spiro atoms. The van der Waals surface area contributed by atoms with Crippen molar-refractivity contribution < 1.29 is 0 Å². The SMILES string of the molecule is CC(CN)NC(C)c1cccc2ccn(C)c12. The van der Waals surface area contributed by atoms with E-state index in [1.165, 1.54) is 16.5 Å². The Morgan fingerprint density at radius 3 is 2.76 bits per heavy atom. The highest BCUT2D eigenvalue weighted by molar-refractivity contribution is 5.83. The molecule has 2 aromatic rings. The second-order valence-corrected chi connectivity index (χ2v) is 4.74. The molecular weight excluding hydrogens is 210 g/mol. The summed E-state index contributed by atoms with van der Waals surface area (Å²) >= 11 is 0. The lowest BCUT2D eigenvalue weighted by molar-refractivity contribution is 0.487. The molecule has 2 atom stereocenters. The molecule has 0 aliphatic heterocycles. The first-order chi connectivity index (χ1) is 8.13. The van der Waals surface area contributed by atoms with Crippen molar-refractivity contribution >= 4 is 10.9 Å². The topological polar surface area (TPSA) is 43.0 Å². The lowest BCUT2D eigenvalue weighted by Crippen LogP contribution is -2.35. The summed E-state index contributed by atoms with van der Waals surface area (Å²) < 4.78 is 2.18. The molecule has 0 fully saturated rings. The molecule has 3 nitrogen and oxygen atoms in total. The van der Waals surface area contributed by atoms with Gasteiger partial charge in [0.1, 0.15) is 0 Å². The van der Waals surface area contributed by atoms with Crippen LogP contribution in [0.5, 0.6) is 0 Å². The van der Waals surface area contributed by atoms with Crippen LogP contribution in [-0.2, 0) is 7.05 Å². The molecule has 2 unspecified atom stereocenters. The number of nitrogens with zero attached hydrogens (tertiary/aromatic N) is 1. The van der Waals surface area contributed by atoms with Crippen molar-refractivity contribution in [3.8, 4) is 0 Å². The Morgan fingerprint density at radius 1 is 1.29 bits per heavy atom. The standard InChI is InChI=1S/C14H21N3/c1-10(9-15)16-11(2)13-6-4-5-12-7-8-17(3)14(12)13/h4-8,10-11,16H,9,15H2,1-3H3. The normalized spacial score (nSPS) is 15.1. The van der Waals surface area contributed by atoms with Gasteiger partial charge in [-0.2, -0.15) is 0 Å². The highest BCUT2D eigenvalue weighted by Gasteiger charge is 2.12. The summed E-state index contributed by atoms with van der Waals surface area (Å²) in [6.45, 7) is 4.96. The van der Waals surface area contributed by atoms with Gasteiger partial charge in [0, 0.05) is 31.9 Å². The second-order valence-electron chi connectivity index (χ2n) is 4.74. The van der Waals surface area contributed by atoms with E-state index in [0.717, 1.165) is 0 Å². The van der Waals surface area contributed by atoms with Gasteiger partial charge in [-0.25, -0.2) is 0 Å². The highest BCUT2D eigenvalue weighted by Crippen LogP contribution is 2.24. The molecule has 0 radical (unpaired) electrons. The molecule has 0 aliphatic carbocycles. The van der Waals surface area contributed by atoms with Crippen LogP contribution in [0.3, 0.4) is 0 Å². The quantitative estimate of drug-likeness (QED) is 0.847. The molecular formula is C14H21N3. The summed E-state index contributed by atoms with van der Waals surface area (Å²) in [4.78, 5) is 0. The molecule has 1 aromatic carbocycles. The first kappa shape index (κ1) is 12.1. The van der Waals surface area contributed by atoms with Crippen molar-refractivity contribution in [2.75, 3.05) is 6.54 Å². The Kier molecular flexibility index (Phi) is 3.50. The molecule has 2 rings (SSSR count). The van der Waals surface area contributed by atoms with Crippen molar-refractivity contribution in [1.82, 2.24) is 9.88 Å². The van der Waals surface area contributed by atoms with E-state index >= 15 is 0 Å². The molecule has 0 saturated carbocycles. The highest BCUT2D eigenvalue weighted by atomic mass is 15.0. The van der Waals surface area contributed by atoms with Gasteiger partial charge in [-0.15, -0.1) is 0 Å². The Hall–Kier alpha value is -1.32. The van der Waals surface area contributed by atoms with Gasteiger partial charge in [-0.3, -0.25) is 0 Å². The molecule has 1 aromatic heterocycles. The van der Waals surface area contributed by atoms with E-state index in [-0.39, 0.29) is 0 Å². The van der Waals surface area contributed by atoms with Gasteiger partial charge in [0.05, 0.1) is 5.52 Å². The van der Waals surface area contributed by atoms with E-state index in [0.29, 0.717) is 18.6 Å². The summed E-state index contributed by atoms with van der Waals surface area (Å²) in [6.07, 6.45) is 2.10. The number of hydrogen-bond acceptors (Lipinski definition) is 2. The van der Waals surface area contributed by atoms with Gasteiger partial charge < -0.3 is 15.6 Å². The van der Waals surface area contributed by atoms with E-state index in [1.807, 2.05) is 0 Å². The minimum absolute atomic E-state index is 0.311. The maximum absolute atomic E-state index is 5.65. The summed E-state index contributed by atoms with van der Waals surface area (Å²) in [5, 5.41) is 4.81. The third-order valence-electron chi connectivity index (χ3n) is 3.28. The number of rotatable bonds is 4. The number of benzene rings is 1. The van der Waals surface area contributed by atoms with E-state index in [9.17, 15) is 0 Å². The van der Waals surface area contributed by atoms with Crippen molar-refractivity contribution in [3.05, 3.63) is 36.0 Å². The van der Waals surface area contributed by atoms with E-state index < -0.39 is 0 Å². The predicted octanol–water partition coefficient (Wildman–Crippen LogP) is 2.18. The summed E-state index contributed by atoms with van der Waals surface area (Å²) in [6, 6.07) is 9.24. The molecule has 0 amide bonds. The third kappa shape index (κ3) is 2.35. The monoisotopic (exact) mass is 231 g/mol. The maximum Gasteiger partial charge on any atom is 0.0526 e. The Balaban J connectivity index is 2.37. The van der Waals surface area contributed by atoms with Crippen LogP contribution < -0.4 is 11.1 Å². The van der Waals surface area contributed by atoms with E-state index in [2.05, 4.69) is 61.2 Å². The Bertz CT molecular complexity index is 501.